The second-order valence-corrected chi connectivity index (χ2v) is 9.39. The van der Waals surface area contributed by atoms with Gasteiger partial charge in [0.05, 0.1) is 23.1 Å². The number of carboxylic acids is 1. The topological polar surface area (TPSA) is 180 Å². The minimum atomic E-state index is -1.36. The van der Waals surface area contributed by atoms with Crippen molar-refractivity contribution in [1.29, 1.82) is 5.26 Å². The number of hydrazine groups is 1. The number of hydrogen-bond donors (Lipinski definition) is 2. The zero-order chi connectivity index (χ0) is 29.8. The molecule has 13 nitrogen and oxygen atoms in total. The zero-order valence-electron chi connectivity index (χ0n) is 22.4. The van der Waals surface area contributed by atoms with Gasteiger partial charge in [0.15, 0.2) is 0 Å². The van der Waals surface area contributed by atoms with Crippen molar-refractivity contribution < 1.29 is 24.3 Å². The van der Waals surface area contributed by atoms with Crippen molar-refractivity contribution >= 4 is 17.5 Å². The Morgan fingerprint density at radius 2 is 1.98 bits per heavy atom. The van der Waals surface area contributed by atoms with Gasteiger partial charge < -0.3 is 19.5 Å². The van der Waals surface area contributed by atoms with E-state index in [1.807, 2.05) is 30.1 Å². The van der Waals surface area contributed by atoms with Crippen molar-refractivity contribution in [2.45, 2.75) is 12.8 Å². The molecule has 1 unspecified atom stereocenters. The average molecular weight is 568 g/mol. The number of aliphatic imine (C=N–C) groups is 2. The fourth-order valence-corrected chi connectivity index (χ4v) is 4.52. The summed E-state index contributed by atoms with van der Waals surface area (Å²) in [6.07, 6.45) is -1.29. The molecule has 0 saturated carbocycles. The lowest BCUT2D eigenvalue weighted by molar-refractivity contribution is -0.420. The number of hydrogen-bond acceptors (Lipinski definition) is 11. The Balaban J connectivity index is 1.58. The van der Waals surface area contributed by atoms with E-state index in [1.165, 1.54) is 18.2 Å². The first-order valence-electron chi connectivity index (χ1n) is 12.8. The van der Waals surface area contributed by atoms with E-state index in [0.29, 0.717) is 12.3 Å². The number of ether oxygens (including phenoxy) is 2. The highest BCUT2D eigenvalue weighted by atomic mass is 16.6. The van der Waals surface area contributed by atoms with Gasteiger partial charge in [0.1, 0.15) is 28.6 Å². The van der Waals surface area contributed by atoms with Crippen LogP contribution >= 0.6 is 0 Å². The van der Waals surface area contributed by atoms with Gasteiger partial charge in [-0.2, -0.15) is 5.26 Å². The highest BCUT2D eigenvalue weighted by Gasteiger charge is 2.40. The van der Waals surface area contributed by atoms with E-state index in [2.05, 4.69) is 9.98 Å². The number of nitrogens with two attached hydrogens (primary N) is 1. The number of nitrogens with zero attached hydrogens (tertiary/aromatic N) is 6. The van der Waals surface area contributed by atoms with Gasteiger partial charge in [-0.3, -0.25) is 15.1 Å². The van der Waals surface area contributed by atoms with Gasteiger partial charge in [-0.05, 0) is 35.9 Å². The van der Waals surface area contributed by atoms with Gasteiger partial charge in [0, 0.05) is 25.6 Å². The molecule has 0 amide bonds. The molecule has 2 aliphatic rings. The molecule has 0 spiro atoms. The lowest BCUT2D eigenvalue weighted by Gasteiger charge is -2.31. The van der Waals surface area contributed by atoms with E-state index >= 15 is 0 Å². The third kappa shape index (κ3) is 5.74. The van der Waals surface area contributed by atoms with Crippen molar-refractivity contribution in [2.75, 3.05) is 20.1 Å². The Morgan fingerprint density at radius 1 is 1.19 bits per heavy atom. The molecule has 0 aliphatic carbocycles. The lowest BCUT2D eigenvalue weighted by atomic mass is 10.1. The number of carboxylic acid groups (broad SMARTS) is 1. The van der Waals surface area contributed by atoms with Crippen LogP contribution < -0.4 is 15.3 Å². The van der Waals surface area contributed by atoms with Gasteiger partial charge in [0.25, 0.3) is 12.2 Å². The number of likely N-dealkylation sites (N-methyl/N-ethyl adjacent to an activating group) is 1. The summed E-state index contributed by atoms with van der Waals surface area (Å²) >= 11 is 0. The van der Waals surface area contributed by atoms with Gasteiger partial charge in [-0.15, -0.1) is 0 Å². The first-order chi connectivity index (χ1) is 20.2. The summed E-state index contributed by atoms with van der Waals surface area (Å²) in [5, 5.41) is 32.3. The Labute approximate surface area is 240 Å². The van der Waals surface area contributed by atoms with E-state index in [9.17, 15) is 25.3 Å². The molecule has 1 atom stereocenters. The molecule has 5 rings (SSSR count). The van der Waals surface area contributed by atoms with Crippen LogP contribution in [0.25, 0.3) is 0 Å². The van der Waals surface area contributed by atoms with Crippen LogP contribution in [0.3, 0.4) is 0 Å². The molecular weight excluding hydrogens is 542 g/mol. The van der Waals surface area contributed by atoms with Crippen molar-refractivity contribution in [3.63, 3.8) is 0 Å². The first kappa shape index (κ1) is 27.8. The SMILES string of the molecule is CN1CCN=C1c1cccc(OC2N=C(Cc3ccccc3)C([N+](=O)[O-])=C(Oc3cc(C#N)ccc3C(=O)O)N2N)c1. The average Bonchev–Trinajstić information content (AvgIpc) is 3.41. The number of amidine groups is 1. The smallest absolute Gasteiger partial charge is 0.352 e. The Morgan fingerprint density at radius 3 is 2.64 bits per heavy atom. The van der Waals surface area contributed by atoms with E-state index in [1.54, 1.807) is 42.5 Å². The van der Waals surface area contributed by atoms with Crippen LogP contribution in [0.1, 0.15) is 27.0 Å². The third-order valence-corrected chi connectivity index (χ3v) is 6.55. The molecule has 212 valence electrons. The molecule has 42 heavy (non-hydrogen) atoms. The Hall–Kier alpha value is -5.74. The Bertz CT molecular complexity index is 1680. The van der Waals surface area contributed by atoms with Crippen LogP contribution in [0.2, 0.25) is 0 Å². The molecule has 13 heteroatoms. The van der Waals surface area contributed by atoms with Crippen molar-refractivity contribution in [1.82, 2.24) is 9.91 Å². The quantitative estimate of drug-likeness (QED) is 0.222. The Kier molecular flexibility index (Phi) is 7.80. The van der Waals surface area contributed by atoms with E-state index in [0.717, 1.165) is 28.5 Å². The summed E-state index contributed by atoms with van der Waals surface area (Å²) in [7, 11) is 1.93. The minimum absolute atomic E-state index is 0.00253. The molecule has 0 saturated heterocycles. The number of benzene rings is 3. The third-order valence-electron chi connectivity index (χ3n) is 6.55. The standard InChI is InChI=1S/C29H25N7O6/c1-34-13-12-32-26(34)20-8-5-9-21(16-20)41-29-33-23(14-18-6-3-2-4-7-18)25(36(39)40)27(35(29)31)42-24-15-19(17-30)10-11-22(24)28(37)38/h2-11,15-16,29H,12-14,31H2,1H3,(H,37,38). The number of aromatic carboxylic acids is 1. The summed E-state index contributed by atoms with van der Waals surface area (Å²) in [6.45, 7) is 1.46. The van der Waals surface area contributed by atoms with Crippen molar-refractivity contribution in [2.24, 2.45) is 15.8 Å². The number of nitro groups is 1. The normalized spacial score (nSPS) is 16.5. The molecule has 3 aromatic carbocycles. The van der Waals surface area contributed by atoms with Gasteiger partial charge >= 0.3 is 11.7 Å². The first-order valence-corrected chi connectivity index (χ1v) is 12.8. The van der Waals surface area contributed by atoms with Gasteiger partial charge in [0.2, 0.25) is 0 Å². The predicted molar refractivity (Wildman–Crippen MR) is 151 cm³/mol. The summed E-state index contributed by atoms with van der Waals surface area (Å²) in [4.78, 5) is 34.7. The van der Waals surface area contributed by atoms with Crippen LogP contribution in [0.15, 0.2) is 94.4 Å². The van der Waals surface area contributed by atoms with E-state index < -0.39 is 28.8 Å². The molecule has 0 fully saturated rings. The monoisotopic (exact) mass is 567 g/mol. The van der Waals surface area contributed by atoms with Crippen LogP contribution in [0.5, 0.6) is 11.5 Å². The summed E-state index contributed by atoms with van der Waals surface area (Å²) in [5.74, 6) is 5.33. The molecule has 0 radical (unpaired) electrons. The maximum Gasteiger partial charge on any atom is 0.352 e. The van der Waals surface area contributed by atoms with Gasteiger partial charge in [-0.25, -0.2) is 20.6 Å². The van der Waals surface area contributed by atoms with Crippen molar-refractivity contribution in [3.05, 3.63) is 117 Å². The lowest BCUT2D eigenvalue weighted by Crippen LogP contribution is -2.49. The highest BCUT2D eigenvalue weighted by Crippen LogP contribution is 2.30. The molecule has 2 aliphatic heterocycles. The number of allylic oxidation sites excluding steroid dienone is 1. The van der Waals surface area contributed by atoms with Crippen LogP contribution in [0, 0.1) is 21.4 Å². The largest absolute Gasteiger partial charge is 0.478 e. The van der Waals surface area contributed by atoms with E-state index in [-0.39, 0.29) is 29.0 Å². The van der Waals surface area contributed by atoms with Crippen molar-refractivity contribution in [3.8, 4) is 17.6 Å². The summed E-state index contributed by atoms with van der Waals surface area (Å²) < 4.78 is 12.0. The predicted octanol–water partition coefficient (Wildman–Crippen LogP) is 3.01. The zero-order valence-corrected chi connectivity index (χ0v) is 22.4. The molecule has 2 heterocycles. The summed E-state index contributed by atoms with van der Waals surface area (Å²) in [6, 6.07) is 21.6. The molecular formula is C29H25N7O6. The van der Waals surface area contributed by atoms with Crippen LogP contribution in [-0.2, 0) is 6.42 Å². The second-order valence-electron chi connectivity index (χ2n) is 9.39. The van der Waals surface area contributed by atoms with Crippen LogP contribution in [-0.4, -0.2) is 63.9 Å². The van der Waals surface area contributed by atoms with Gasteiger partial charge in [-0.1, -0.05) is 42.5 Å². The second kappa shape index (κ2) is 11.8. The summed E-state index contributed by atoms with van der Waals surface area (Å²) in [5.41, 5.74) is 0.711. The fourth-order valence-electron chi connectivity index (χ4n) is 4.52. The molecule has 0 aromatic heterocycles. The molecule has 0 bridgehead atoms. The minimum Gasteiger partial charge on any atom is -0.478 e. The highest BCUT2D eigenvalue weighted by molar-refractivity contribution is 6.01. The van der Waals surface area contributed by atoms with Crippen LogP contribution in [0.4, 0.5) is 0 Å². The maximum atomic E-state index is 12.4. The number of rotatable bonds is 9. The van der Waals surface area contributed by atoms with E-state index in [4.69, 9.17) is 15.3 Å². The molecule has 3 aromatic rings. The molecule has 3 N–H and O–H groups in total. The number of carbonyl (C=O) groups is 1. The number of nitriles is 1. The maximum absolute atomic E-state index is 12.4. The fraction of sp³-hybridized carbons (Fsp3) is 0.172.